The second kappa shape index (κ2) is 9.87. The summed E-state index contributed by atoms with van der Waals surface area (Å²) >= 11 is 6.14. The highest BCUT2D eigenvalue weighted by molar-refractivity contribution is 6.30. The molecule has 1 saturated heterocycles. The number of ether oxygens (including phenoxy) is 1. The minimum atomic E-state index is -0.516. The molecule has 0 bridgehead atoms. The normalized spacial score (nSPS) is 14.7. The van der Waals surface area contributed by atoms with Crippen LogP contribution >= 0.6 is 24.0 Å². The van der Waals surface area contributed by atoms with Gasteiger partial charge >= 0.3 is 0 Å². The summed E-state index contributed by atoms with van der Waals surface area (Å²) in [6.07, 6.45) is 3.19. The van der Waals surface area contributed by atoms with Crippen molar-refractivity contribution < 1.29 is 9.53 Å². The maximum atomic E-state index is 12.8. The minimum Gasteiger partial charge on any atom is -0.481 e. The van der Waals surface area contributed by atoms with Gasteiger partial charge in [0.25, 0.3) is 5.91 Å². The SMILES string of the molecule is CC(Oc1ccccc1)C(=O)N1CCN(c2nccn2-c2cccc(Cl)c2)CC1.Cl. The standard InChI is InChI=1S/C22H23ClN4O2.ClH/c1-17(29-20-8-3-2-4-9-20)21(28)25-12-14-26(15-13-25)22-24-10-11-27(22)19-7-5-6-18(23)16-19;/h2-11,16-17H,12-15H2,1H3;1H. The number of nitrogens with zero attached hydrogens (tertiary/aromatic N) is 4. The highest BCUT2D eigenvalue weighted by Crippen LogP contribution is 2.22. The zero-order chi connectivity index (χ0) is 20.2. The Labute approximate surface area is 187 Å². The van der Waals surface area contributed by atoms with Gasteiger partial charge in [0.15, 0.2) is 6.10 Å². The second-order valence-electron chi connectivity index (χ2n) is 6.96. The average Bonchev–Trinajstić information content (AvgIpc) is 3.24. The number of imidazole rings is 1. The molecule has 6 nitrogen and oxygen atoms in total. The first-order valence-corrected chi connectivity index (χ1v) is 10.0. The van der Waals surface area contributed by atoms with Gasteiger partial charge in [-0.25, -0.2) is 4.98 Å². The Morgan fingerprint density at radius 1 is 1.07 bits per heavy atom. The van der Waals surface area contributed by atoms with Gasteiger partial charge in [-0.3, -0.25) is 9.36 Å². The van der Waals surface area contributed by atoms with Crippen LogP contribution in [0.25, 0.3) is 5.69 Å². The fraction of sp³-hybridized carbons (Fsp3) is 0.273. The predicted octanol–water partition coefficient (Wildman–Crippen LogP) is 4.06. The van der Waals surface area contributed by atoms with Crippen LogP contribution in [0.2, 0.25) is 5.02 Å². The third kappa shape index (κ3) is 4.89. The largest absolute Gasteiger partial charge is 0.481 e. The molecule has 1 aromatic heterocycles. The van der Waals surface area contributed by atoms with Crippen molar-refractivity contribution in [2.45, 2.75) is 13.0 Å². The summed E-state index contributed by atoms with van der Waals surface area (Å²) in [5, 5.41) is 0.685. The number of aromatic nitrogens is 2. The molecule has 8 heteroatoms. The van der Waals surface area contributed by atoms with Gasteiger partial charge in [0, 0.05) is 49.3 Å². The molecule has 1 aliphatic rings. The number of piperazine rings is 1. The molecule has 0 spiro atoms. The molecule has 0 N–H and O–H groups in total. The van der Waals surface area contributed by atoms with Gasteiger partial charge in [-0.1, -0.05) is 35.9 Å². The molecule has 0 saturated carbocycles. The number of hydrogen-bond donors (Lipinski definition) is 0. The lowest BCUT2D eigenvalue weighted by atomic mass is 10.2. The van der Waals surface area contributed by atoms with Crippen LogP contribution in [0.4, 0.5) is 5.95 Å². The van der Waals surface area contributed by atoms with E-state index >= 15 is 0 Å². The van der Waals surface area contributed by atoms with Crippen LogP contribution in [-0.4, -0.2) is 52.6 Å². The smallest absolute Gasteiger partial charge is 0.263 e. The van der Waals surface area contributed by atoms with Crippen molar-refractivity contribution in [3.05, 3.63) is 72.0 Å². The number of carbonyl (C=O) groups excluding carboxylic acids is 1. The molecular weight excluding hydrogens is 423 g/mol. The van der Waals surface area contributed by atoms with E-state index in [4.69, 9.17) is 16.3 Å². The summed E-state index contributed by atoms with van der Waals surface area (Å²) in [7, 11) is 0. The van der Waals surface area contributed by atoms with E-state index in [1.807, 2.05) is 70.3 Å². The maximum absolute atomic E-state index is 12.8. The third-order valence-corrected chi connectivity index (χ3v) is 5.22. The first kappa shape index (κ1) is 22.0. The number of amides is 1. The molecule has 1 aliphatic heterocycles. The van der Waals surface area contributed by atoms with E-state index in [0.717, 1.165) is 11.6 Å². The number of halogens is 2. The molecule has 1 unspecified atom stereocenters. The van der Waals surface area contributed by atoms with Crippen molar-refractivity contribution in [2.24, 2.45) is 0 Å². The Kier molecular flexibility index (Phi) is 7.24. The molecule has 4 rings (SSSR count). The minimum absolute atomic E-state index is 0. The lowest BCUT2D eigenvalue weighted by Crippen LogP contribution is -2.52. The van der Waals surface area contributed by atoms with Crippen molar-refractivity contribution in [1.82, 2.24) is 14.5 Å². The fourth-order valence-electron chi connectivity index (χ4n) is 3.49. The number of anilines is 1. The van der Waals surface area contributed by atoms with E-state index in [1.165, 1.54) is 0 Å². The number of carbonyl (C=O) groups is 1. The van der Waals surface area contributed by atoms with Crippen LogP contribution in [0, 0.1) is 0 Å². The summed E-state index contributed by atoms with van der Waals surface area (Å²) in [5.41, 5.74) is 0.966. The Bertz CT molecular complexity index is 972. The Morgan fingerprint density at radius 3 is 2.50 bits per heavy atom. The van der Waals surface area contributed by atoms with E-state index in [2.05, 4.69) is 9.88 Å². The first-order valence-electron chi connectivity index (χ1n) is 9.66. The van der Waals surface area contributed by atoms with Crippen LogP contribution in [-0.2, 0) is 4.79 Å². The summed E-state index contributed by atoms with van der Waals surface area (Å²) in [6.45, 7) is 4.48. The van der Waals surface area contributed by atoms with Gasteiger partial charge in [-0.05, 0) is 37.3 Å². The van der Waals surface area contributed by atoms with Gasteiger partial charge in [0.2, 0.25) is 5.95 Å². The van der Waals surface area contributed by atoms with E-state index in [0.29, 0.717) is 37.0 Å². The van der Waals surface area contributed by atoms with Gasteiger partial charge in [0.1, 0.15) is 5.75 Å². The van der Waals surface area contributed by atoms with Crippen molar-refractivity contribution in [1.29, 1.82) is 0 Å². The second-order valence-corrected chi connectivity index (χ2v) is 7.40. The first-order chi connectivity index (χ1) is 14.1. The Morgan fingerprint density at radius 2 is 1.80 bits per heavy atom. The molecular formula is C22H24Cl2N4O2. The quantitative estimate of drug-likeness (QED) is 0.592. The van der Waals surface area contributed by atoms with Crippen LogP contribution in [0.1, 0.15) is 6.92 Å². The van der Waals surface area contributed by atoms with Crippen molar-refractivity contribution in [3.63, 3.8) is 0 Å². The Balaban J connectivity index is 0.00000256. The Hall–Kier alpha value is -2.70. The van der Waals surface area contributed by atoms with Crippen LogP contribution < -0.4 is 9.64 Å². The average molecular weight is 447 g/mol. The fourth-order valence-corrected chi connectivity index (χ4v) is 3.68. The molecule has 2 heterocycles. The molecule has 0 aliphatic carbocycles. The number of hydrogen-bond acceptors (Lipinski definition) is 4. The molecule has 2 aromatic carbocycles. The van der Waals surface area contributed by atoms with E-state index in [9.17, 15) is 4.79 Å². The number of benzene rings is 2. The monoisotopic (exact) mass is 446 g/mol. The van der Waals surface area contributed by atoms with Crippen LogP contribution in [0.5, 0.6) is 5.75 Å². The highest BCUT2D eigenvalue weighted by atomic mass is 35.5. The molecule has 158 valence electrons. The molecule has 1 fully saturated rings. The molecule has 30 heavy (non-hydrogen) atoms. The van der Waals surface area contributed by atoms with E-state index in [-0.39, 0.29) is 18.3 Å². The zero-order valence-corrected chi connectivity index (χ0v) is 18.2. The molecule has 3 aromatic rings. The zero-order valence-electron chi connectivity index (χ0n) is 16.6. The molecule has 0 radical (unpaired) electrons. The third-order valence-electron chi connectivity index (χ3n) is 4.99. The van der Waals surface area contributed by atoms with Gasteiger partial charge in [-0.2, -0.15) is 0 Å². The lowest BCUT2D eigenvalue weighted by molar-refractivity contribution is -0.138. The summed E-state index contributed by atoms with van der Waals surface area (Å²) in [5.74, 6) is 1.56. The van der Waals surface area contributed by atoms with Crippen molar-refractivity contribution >= 4 is 35.9 Å². The number of para-hydroxylation sites is 1. The van der Waals surface area contributed by atoms with Gasteiger partial charge < -0.3 is 14.5 Å². The highest BCUT2D eigenvalue weighted by Gasteiger charge is 2.27. The lowest BCUT2D eigenvalue weighted by Gasteiger charge is -2.36. The van der Waals surface area contributed by atoms with Crippen molar-refractivity contribution in [3.8, 4) is 11.4 Å². The molecule has 1 atom stereocenters. The summed E-state index contributed by atoms with van der Waals surface area (Å²) < 4.78 is 7.80. The van der Waals surface area contributed by atoms with E-state index in [1.54, 1.807) is 13.1 Å². The van der Waals surface area contributed by atoms with Crippen LogP contribution in [0.3, 0.4) is 0 Å². The van der Waals surface area contributed by atoms with Crippen LogP contribution in [0.15, 0.2) is 67.0 Å². The van der Waals surface area contributed by atoms with Gasteiger partial charge in [-0.15, -0.1) is 12.4 Å². The van der Waals surface area contributed by atoms with Crippen molar-refractivity contribution in [2.75, 3.05) is 31.1 Å². The van der Waals surface area contributed by atoms with E-state index < -0.39 is 6.10 Å². The number of rotatable bonds is 5. The predicted molar refractivity (Wildman–Crippen MR) is 121 cm³/mol. The van der Waals surface area contributed by atoms with Gasteiger partial charge in [0.05, 0.1) is 0 Å². The summed E-state index contributed by atoms with van der Waals surface area (Å²) in [4.78, 5) is 21.3. The molecule has 1 amide bonds. The maximum Gasteiger partial charge on any atom is 0.263 e. The summed E-state index contributed by atoms with van der Waals surface area (Å²) in [6, 6.07) is 17.1. The topological polar surface area (TPSA) is 50.6 Å².